The van der Waals surface area contributed by atoms with Crippen LogP contribution >= 0.6 is 11.6 Å². The Hall–Kier alpha value is -1.26. The lowest BCUT2D eigenvalue weighted by Crippen LogP contribution is -2.59. The largest absolute Gasteiger partial charge is 0.352 e. The van der Waals surface area contributed by atoms with Gasteiger partial charge in [-0.1, -0.05) is 32.4 Å². The molecule has 0 bridgehead atoms. The van der Waals surface area contributed by atoms with Gasteiger partial charge in [-0.05, 0) is 49.9 Å². The van der Waals surface area contributed by atoms with Gasteiger partial charge in [0.2, 0.25) is 0 Å². The number of hydrogen-bond acceptors (Lipinski definition) is 2. The van der Waals surface area contributed by atoms with Gasteiger partial charge in [-0.25, -0.2) is 4.79 Å². The van der Waals surface area contributed by atoms with Crippen molar-refractivity contribution >= 4 is 23.3 Å². The Kier molecular flexibility index (Phi) is 4.73. The van der Waals surface area contributed by atoms with Gasteiger partial charge in [0.1, 0.15) is 5.72 Å². The Morgan fingerprint density at radius 1 is 1.32 bits per heavy atom. The maximum atomic E-state index is 12.5. The topological polar surface area (TPSA) is 41.6 Å². The first-order valence-corrected chi connectivity index (χ1v) is 7.99. The van der Waals surface area contributed by atoms with Crippen LogP contribution < -0.4 is 5.32 Å². The smallest absolute Gasteiger partial charge is 0.324 e. The van der Waals surface area contributed by atoms with Gasteiger partial charge in [-0.3, -0.25) is 4.90 Å². The average Bonchev–Trinajstić information content (AvgIpc) is 2.39. The molecular weight excluding hydrogens is 300 g/mol. The maximum absolute atomic E-state index is 12.5. The van der Waals surface area contributed by atoms with E-state index in [0.29, 0.717) is 11.6 Å². The first kappa shape index (κ1) is 17.1. The van der Waals surface area contributed by atoms with E-state index in [4.69, 9.17) is 16.3 Å². The standard InChI is InChI=1S/C17H25ClN2O2/c1-16(2,3)14-10-11-20(17(4,5)22-14)15(21)19-13-8-6-12(18)7-9-13/h6-9,14H,10-11H2,1-5H3,(H,19,21). The number of anilines is 1. The van der Waals surface area contributed by atoms with E-state index in [-0.39, 0.29) is 17.6 Å². The summed E-state index contributed by atoms with van der Waals surface area (Å²) < 4.78 is 6.17. The fourth-order valence-corrected chi connectivity index (χ4v) is 2.79. The Bertz CT molecular complexity index is 535. The summed E-state index contributed by atoms with van der Waals surface area (Å²) in [6, 6.07) is 6.93. The van der Waals surface area contributed by atoms with Crippen molar-refractivity contribution in [2.24, 2.45) is 5.41 Å². The average molecular weight is 325 g/mol. The normalized spacial score (nSPS) is 21.5. The highest BCUT2D eigenvalue weighted by atomic mass is 35.5. The minimum atomic E-state index is -0.632. The number of benzene rings is 1. The molecule has 1 N–H and O–H groups in total. The molecule has 1 aliphatic rings. The Labute approximate surface area is 137 Å². The van der Waals surface area contributed by atoms with Gasteiger partial charge in [-0.2, -0.15) is 0 Å². The lowest BCUT2D eigenvalue weighted by molar-refractivity contribution is -0.204. The van der Waals surface area contributed by atoms with Gasteiger partial charge in [0.15, 0.2) is 0 Å². The van der Waals surface area contributed by atoms with E-state index in [1.165, 1.54) is 0 Å². The van der Waals surface area contributed by atoms with Crippen LogP contribution in [-0.2, 0) is 4.74 Å². The van der Waals surface area contributed by atoms with Crippen molar-refractivity contribution in [3.63, 3.8) is 0 Å². The minimum Gasteiger partial charge on any atom is -0.352 e. The van der Waals surface area contributed by atoms with Crippen LogP contribution in [0.15, 0.2) is 24.3 Å². The number of urea groups is 1. The van der Waals surface area contributed by atoms with Crippen LogP contribution in [0, 0.1) is 5.41 Å². The number of rotatable bonds is 1. The number of halogens is 1. The molecule has 1 fully saturated rings. The summed E-state index contributed by atoms with van der Waals surface area (Å²) >= 11 is 5.86. The SMILES string of the molecule is CC(C)(C)C1CCN(C(=O)Nc2ccc(Cl)cc2)C(C)(C)O1. The van der Waals surface area contributed by atoms with E-state index in [1.807, 2.05) is 13.8 Å². The third-order valence-corrected chi connectivity index (χ3v) is 4.25. The number of carbonyl (C=O) groups is 1. The molecule has 5 heteroatoms. The van der Waals surface area contributed by atoms with Gasteiger partial charge >= 0.3 is 6.03 Å². The summed E-state index contributed by atoms with van der Waals surface area (Å²) in [5, 5.41) is 3.54. The highest BCUT2D eigenvalue weighted by Crippen LogP contribution is 2.35. The van der Waals surface area contributed by atoms with Crippen LogP contribution in [0.4, 0.5) is 10.5 Å². The van der Waals surface area contributed by atoms with Gasteiger partial charge in [-0.15, -0.1) is 0 Å². The summed E-state index contributed by atoms with van der Waals surface area (Å²) in [5.41, 5.74) is 0.158. The molecule has 1 aliphatic heterocycles. The van der Waals surface area contributed by atoms with Crippen LogP contribution in [0.3, 0.4) is 0 Å². The second-order valence-corrected chi connectivity index (χ2v) is 7.73. The van der Waals surface area contributed by atoms with Gasteiger partial charge in [0.05, 0.1) is 6.10 Å². The second kappa shape index (κ2) is 6.09. The van der Waals surface area contributed by atoms with Crippen molar-refractivity contribution in [3.05, 3.63) is 29.3 Å². The van der Waals surface area contributed by atoms with Crippen LogP contribution in [0.5, 0.6) is 0 Å². The fraction of sp³-hybridized carbons (Fsp3) is 0.588. The number of nitrogens with one attached hydrogen (secondary N) is 1. The molecule has 1 saturated heterocycles. The summed E-state index contributed by atoms with van der Waals surface area (Å²) in [6.45, 7) is 11.0. The summed E-state index contributed by atoms with van der Waals surface area (Å²) in [7, 11) is 0. The van der Waals surface area contributed by atoms with Crippen molar-refractivity contribution < 1.29 is 9.53 Å². The molecule has 2 rings (SSSR count). The molecule has 0 spiro atoms. The first-order chi connectivity index (χ1) is 10.1. The molecule has 0 aliphatic carbocycles. The van der Waals surface area contributed by atoms with Crippen molar-refractivity contribution in [3.8, 4) is 0 Å². The zero-order chi connectivity index (χ0) is 16.5. The predicted molar refractivity (Wildman–Crippen MR) is 90.2 cm³/mol. The summed E-state index contributed by atoms with van der Waals surface area (Å²) in [6.07, 6.45) is 0.975. The van der Waals surface area contributed by atoms with Crippen molar-refractivity contribution in [2.75, 3.05) is 11.9 Å². The Balaban J connectivity index is 2.06. The zero-order valence-corrected chi connectivity index (χ0v) is 14.7. The van der Waals surface area contributed by atoms with E-state index >= 15 is 0 Å². The molecule has 1 unspecified atom stereocenters. The highest BCUT2D eigenvalue weighted by Gasteiger charge is 2.42. The lowest BCUT2D eigenvalue weighted by atomic mass is 9.85. The van der Waals surface area contributed by atoms with E-state index in [2.05, 4.69) is 26.1 Å². The van der Waals surface area contributed by atoms with E-state index in [1.54, 1.807) is 29.2 Å². The van der Waals surface area contributed by atoms with Gasteiger partial charge in [0, 0.05) is 17.3 Å². The first-order valence-electron chi connectivity index (χ1n) is 7.61. The lowest BCUT2D eigenvalue weighted by Gasteiger charge is -2.48. The number of ether oxygens (including phenoxy) is 1. The summed E-state index contributed by atoms with van der Waals surface area (Å²) in [4.78, 5) is 14.3. The molecule has 122 valence electrons. The van der Waals surface area contributed by atoms with Crippen LogP contribution in [0.2, 0.25) is 5.02 Å². The van der Waals surface area contributed by atoms with Crippen LogP contribution in [-0.4, -0.2) is 29.3 Å². The predicted octanol–water partition coefficient (Wildman–Crippen LogP) is 4.75. The van der Waals surface area contributed by atoms with Gasteiger partial charge < -0.3 is 10.1 Å². The van der Waals surface area contributed by atoms with Crippen LogP contribution in [0.1, 0.15) is 41.0 Å². The molecule has 0 aromatic heterocycles. The van der Waals surface area contributed by atoms with Gasteiger partial charge in [0.25, 0.3) is 0 Å². The second-order valence-electron chi connectivity index (χ2n) is 7.30. The number of hydrogen-bond donors (Lipinski definition) is 1. The van der Waals surface area contributed by atoms with E-state index in [0.717, 1.165) is 12.1 Å². The molecule has 0 radical (unpaired) electrons. The number of carbonyl (C=O) groups excluding carboxylic acids is 1. The van der Waals surface area contributed by atoms with E-state index < -0.39 is 5.72 Å². The highest BCUT2D eigenvalue weighted by molar-refractivity contribution is 6.30. The van der Waals surface area contributed by atoms with Crippen molar-refractivity contribution in [2.45, 2.75) is 52.9 Å². The molecular formula is C17H25ClN2O2. The van der Waals surface area contributed by atoms with Crippen LogP contribution in [0.25, 0.3) is 0 Å². The number of amides is 2. The minimum absolute atomic E-state index is 0.0655. The zero-order valence-electron chi connectivity index (χ0n) is 13.9. The number of nitrogens with zero attached hydrogens (tertiary/aromatic N) is 1. The monoisotopic (exact) mass is 324 g/mol. The fourth-order valence-electron chi connectivity index (χ4n) is 2.67. The molecule has 1 heterocycles. The van der Waals surface area contributed by atoms with E-state index in [9.17, 15) is 4.79 Å². The Morgan fingerprint density at radius 3 is 2.41 bits per heavy atom. The third-order valence-electron chi connectivity index (χ3n) is 4.00. The molecule has 0 saturated carbocycles. The molecule has 1 atom stereocenters. The van der Waals surface area contributed by atoms with Crippen molar-refractivity contribution in [1.82, 2.24) is 4.90 Å². The Morgan fingerprint density at radius 2 is 1.91 bits per heavy atom. The molecule has 1 aromatic carbocycles. The summed E-state index contributed by atoms with van der Waals surface area (Å²) in [5.74, 6) is 0. The van der Waals surface area contributed by atoms with Crippen molar-refractivity contribution in [1.29, 1.82) is 0 Å². The molecule has 4 nitrogen and oxygen atoms in total. The third kappa shape index (κ3) is 3.93. The quantitative estimate of drug-likeness (QED) is 0.810. The molecule has 2 amide bonds. The molecule has 1 aromatic rings. The molecule has 22 heavy (non-hydrogen) atoms. The maximum Gasteiger partial charge on any atom is 0.324 e.